The number of nitrogens with one attached hydrogen (secondary N) is 1. The van der Waals surface area contributed by atoms with Crippen molar-refractivity contribution in [3.8, 4) is 0 Å². The molecule has 2 aromatic rings. The van der Waals surface area contributed by atoms with Crippen molar-refractivity contribution in [2.75, 3.05) is 0 Å². The van der Waals surface area contributed by atoms with Gasteiger partial charge in [0.1, 0.15) is 12.6 Å². The fourth-order valence-electron chi connectivity index (χ4n) is 2.67. The van der Waals surface area contributed by atoms with E-state index in [1.54, 1.807) is 10.9 Å². The molecule has 0 spiro atoms. The summed E-state index contributed by atoms with van der Waals surface area (Å²) in [5, 5.41) is 14.6. The Morgan fingerprint density at radius 3 is 2.69 bits per heavy atom. The Labute approximate surface area is 150 Å². The minimum atomic E-state index is -0.669. The highest BCUT2D eigenvalue weighted by Gasteiger charge is 2.39. The third-order valence-electron chi connectivity index (χ3n) is 4.00. The Hall–Kier alpha value is -2.78. The van der Waals surface area contributed by atoms with Gasteiger partial charge in [0.05, 0.1) is 5.69 Å². The smallest absolute Gasteiger partial charge is 0.325 e. The zero-order chi connectivity index (χ0) is 18.8. The summed E-state index contributed by atoms with van der Waals surface area (Å²) < 4.78 is 6.86. The van der Waals surface area contributed by atoms with Gasteiger partial charge in [-0.15, -0.1) is 5.10 Å². The second-order valence-electron chi connectivity index (χ2n) is 7.12. The molecule has 3 amide bonds. The normalized spacial score (nSPS) is 17.6. The molecule has 3 heterocycles. The summed E-state index contributed by atoms with van der Waals surface area (Å²) in [6.07, 6.45) is 2.75. The molecular formula is C16H23N7O3. The maximum absolute atomic E-state index is 12.5. The first-order chi connectivity index (χ1) is 12.3. The van der Waals surface area contributed by atoms with Crippen LogP contribution in [0.4, 0.5) is 4.79 Å². The van der Waals surface area contributed by atoms with Crippen LogP contribution in [0, 0.1) is 5.92 Å². The number of amides is 3. The Morgan fingerprint density at radius 2 is 2.04 bits per heavy atom. The molecule has 1 aliphatic rings. The average Bonchev–Trinajstić information content (AvgIpc) is 3.25. The van der Waals surface area contributed by atoms with Gasteiger partial charge in [0.25, 0.3) is 5.91 Å². The highest BCUT2D eigenvalue weighted by Crippen LogP contribution is 2.15. The number of imide groups is 1. The molecule has 0 radical (unpaired) electrons. The van der Waals surface area contributed by atoms with Gasteiger partial charge in [-0.05, 0) is 19.8 Å². The number of carbonyl (C=O) groups is 2. The van der Waals surface area contributed by atoms with Crippen molar-refractivity contribution in [3.05, 3.63) is 23.6 Å². The molecule has 0 aliphatic carbocycles. The molecule has 1 fully saturated rings. The fourth-order valence-corrected chi connectivity index (χ4v) is 2.67. The molecule has 3 rings (SSSR count). The fraction of sp³-hybridized carbons (Fsp3) is 0.625. The lowest BCUT2D eigenvalue weighted by atomic mass is 10.1. The van der Waals surface area contributed by atoms with E-state index in [2.05, 4.69) is 25.8 Å². The van der Waals surface area contributed by atoms with Crippen LogP contribution in [0.3, 0.4) is 0 Å². The van der Waals surface area contributed by atoms with E-state index in [0.29, 0.717) is 23.9 Å². The van der Waals surface area contributed by atoms with Crippen LogP contribution in [0.5, 0.6) is 0 Å². The summed E-state index contributed by atoms with van der Waals surface area (Å²) in [5.74, 6) is 0.873. The topological polar surface area (TPSA) is 119 Å². The SMILES string of the molecule is CC(C)Cc1noc(CN2C(=O)N[C@@H](Cc3cn(C(C)C)nn3)C2=O)n1. The molecule has 0 saturated carbocycles. The molecule has 1 aliphatic heterocycles. The summed E-state index contributed by atoms with van der Waals surface area (Å²) in [7, 11) is 0. The van der Waals surface area contributed by atoms with E-state index in [0.717, 1.165) is 4.90 Å². The van der Waals surface area contributed by atoms with Crippen molar-refractivity contribution in [2.24, 2.45) is 5.92 Å². The lowest BCUT2D eigenvalue weighted by Crippen LogP contribution is -2.32. The van der Waals surface area contributed by atoms with Crippen LogP contribution in [-0.4, -0.2) is 48.0 Å². The van der Waals surface area contributed by atoms with Gasteiger partial charge in [0, 0.05) is 25.1 Å². The standard InChI is InChI=1S/C16H23N7O3/c1-9(2)5-13-18-14(26-20-13)8-22-15(24)12(17-16(22)25)6-11-7-23(10(3)4)21-19-11/h7,9-10,12H,5-6,8H2,1-4H3,(H,17,25)/t12-/m0/s1. The van der Waals surface area contributed by atoms with Crippen molar-refractivity contribution in [1.82, 2.24) is 35.4 Å². The third kappa shape index (κ3) is 3.89. The molecule has 10 nitrogen and oxygen atoms in total. The van der Waals surface area contributed by atoms with Gasteiger partial charge < -0.3 is 9.84 Å². The Balaban J connectivity index is 1.63. The predicted molar refractivity (Wildman–Crippen MR) is 89.8 cm³/mol. The first-order valence-corrected chi connectivity index (χ1v) is 8.67. The second-order valence-corrected chi connectivity index (χ2v) is 7.12. The first-order valence-electron chi connectivity index (χ1n) is 8.67. The van der Waals surface area contributed by atoms with Gasteiger partial charge >= 0.3 is 6.03 Å². The van der Waals surface area contributed by atoms with Gasteiger partial charge in [-0.3, -0.25) is 9.69 Å². The van der Waals surface area contributed by atoms with Gasteiger partial charge in [-0.2, -0.15) is 4.98 Å². The number of hydrogen-bond donors (Lipinski definition) is 1. The van der Waals surface area contributed by atoms with Gasteiger partial charge in [0.15, 0.2) is 5.82 Å². The van der Waals surface area contributed by atoms with E-state index in [9.17, 15) is 9.59 Å². The van der Waals surface area contributed by atoms with E-state index < -0.39 is 12.1 Å². The van der Waals surface area contributed by atoms with E-state index >= 15 is 0 Å². The van der Waals surface area contributed by atoms with Gasteiger partial charge in [-0.25, -0.2) is 9.48 Å². The molecule has 0 bridgehead atoms. The molecule has 0 aromatic carbocycles. The largest absolute Gasteiger partial charge is 0.337 e. The van der Waals surface area contributed by atoms with E-state index in [-0.39, 0.29) is 30.8 Å². The number of rotatable bonds is 7. The summed E-state index contributed by atoms with van der Waals surface area (Å²) in [6, 6.07) is -0.961. The van der Waals surface area contributed by atoms with Gasteiger partial charge in [-0.1, -0.05) is 24.2 Å². The Bertz CT molecular complexity index is 795. The van der Waals surface area contributed by atoms with Crippen molar-refractivity contribution < 1.29 is 14.1 Å². The minimum Gasteiger partial charge on any atom is -0.337 e. The summed E-state index contributed by atoms with van der Waals surface area (Å²) in [5.41, 5.74) is 0.649. The van der Waals surface area contributed by atoms with E-state index in [1.807, 2.05) is 27.7 Å². The average molecular weight is 361 g/mol. The number of carbonyl (C=O) groups excluding carboxylic acids is 2. The number of hydrogen-bond acceptors (Lipinski definition) is 7. The maximum Gasteiger partial charge on any atom is 0.325 e. The van der Waals surface area contributed by atoms with Crippen LogP contribution in [0.2, 0.25) is 0 Å². The second kappa shape index (κ2) is 7.22. The molecule has 1 atom stereocenters. The van der Waals surface area contributed by atoms with E-state index in [1.165, 1.54) is 0 Å². The quantitative estimate of drug-likeness (QED) is 0.733. The molecule has 2 aromatic heterocycles. The zero-order valence-corrected chi connectivity index (χ0v) is 15.3. The summed E-state index contributed by atoms with van der Waals surface area (Å²) in [6.45, 7) is 8.04. The summed E-state index contributed by atoms with van der Waals surface area (Å²) >= 11 is 0. The molecule has 1 saturated heterocycles. The molecule has 140 valence electrons. The molecular weight excluding hydrogens is 338 g/mol. The number of urea groups is 1. The van der Waals surface area contributed by atoms with Crippen molar-refractivity contribution in [1.29, 1.82) is 0 Å². The van der Waals surface area contributed by atoms with Gasteiger partial charge in [0.2, 0.25) is 5.89 Å². The molecule has 10 heteroatoms. The Morgan fingerprint density at radius 1 is 1.27 bits per heavy atom. The summed E-state index contributed by atoms with van der Waals surface area (Å²) in [4.78, 5) is 30.0. The molecule has 26 heavy (non-hydrogen) atoms. The molecule has 0 unspecified atom stereocenters. The highest BCUT2D eigenvalue weighted by atomic mass is 16.5. The third-order valence-corrected chi connectivity index (χ3v) is 4.00. The van der Waals surface area contributed by atoms with Crippen LogP contribution in [0.15, 0.2) is 10.7 Å². The lowest BCUT2D eigenvalue weighted by molar-refractivity contribution is -0.128. The minimum absolute atomic E-state index is 0.0368. The maximum atomic E-state index is 12.5. The van der Waals surface area contributed by atoms with Crippen LogP contribution in [-0.2, 0) is 24.2 Å². The lowest BCUT2D eigenvalue weighted by Gasteiger charge is -2.09. The van der Waals surface area contributed by atoms with Crippen LogP contribution >= 0.6 is 0 Å². The van der Waals surface area contributed by atoms with Crippen molar-refractivity contribution >= 4 is 11.9 Å². The number of nitrogens with zero attached hydrogens (tertiary/aromatic N) is 6. The van der Waals surface area contributed by atoms with E-state index in [4.69, 9.17) is 4.52 Å². The number of aromatic nitrogens is 5. The van der Waals surface area contributed by atoms with Crippen LogP contribution in [0.25, 0.3) is 0 Å². The monoisotopic (exact) mass is 361 g/mol. The highest BCUT2D eigenvalue weighted by molar-refractivity contribution is 6.04. The van der Waals surface area contributed by atoms with Crippen molar-refractivity contribution in [2.45, 2.75) is 59.2 Å². The van der Waals surface area contributed by atoms with Crippen LogP contribution < -0.4 is 5.32 Å². The Kier molecular flexibility index (Phi) is 5.01. The van der Waals surface area contributed by atoms with Crippen molar-refractivity contribution in [3.63, 3.8) is 0 Å². The van der Waals surface area contributed by atoms with Crippen LogP contribution in [0.1, 0.15) is 51.1 Å². The zero-order valence-electron chi connectivity index (χ0n) is 15.3. The first kappa shape index (κ1) is 18.0. The predicted octanol–water partition coefficient (Wildman–Crippen LogP) is 1.10. The molecule has 1 N–H and O–H groups in total.